The molecule has 1 amide bonds. The maximum atomic E-state index is 13.7. The quantitative estimate of drug-likeness (QED) is 0.768. The highest BCUT2D eigenvalue weighted by molar-refractivity contribution is 5.94. The Morgan fingerprint density at radius 1 is 1.21 bits per heavy atom. The molecule has 5 heteroatoms. The van der Waals surface area contributed by atoms with Gasteiger partial charge in [0.2, 0.25) is 5.91 Å². The SMILES string of the molecule is C/C(=C/C(=O)NCc1ccccc1OCCO)c1ccccc1F. The van der Waals surface area contributed by atoms with Crippen molar-refractivity contribution in [2.75, 3.05) is 13.2 Å². The molecule has 0 fully saturated rings. The van der Waals surface area contributed by atoms with Gasteiger partial charge in [-0.25, -0.2) is 4.39 Å². The number of nitrogens with one attached hydrogen (secondary N) is 1. The molecule has 126 valence electrons. The summed E-state index contributed by atoms with van der Waals surface area (Å²) in [4.78, 5) is 12.0. The highest BCUT2D eigenvalue weighted by Crippen LogP contribution is 2.19. The molecule has 0 heterocycles. The van der Waals surface area contributed by atoms with Crippen molar-refractivity contribution in [3.05, 3.63) is 71.6 Å². The van der Waals surface area contributed by atoms with Crippen LogP contribution >= 0.6 is 0 Å². The highest BCUT2D eigenvalue weighted by atomic mass is 19.1. The fourth-order valence-corrected chi connectivity index (χ4v) is 2.24. The molecule has 0 atom stereocenters. The average molecular weight is 329 g/mol. The molecule has 0 aromatic heterocycles. The minimum atomic E-state index is -0.359. The standard InChI is InChI=1S/C19H20FNO3/c1-14(16-7-3-4-8-17(16)20)12-19(23)21-13-15-6-2-5-9-18(15)24-11-10-22/h2-9,12,22H,10-11,13H2,1H3,(H,21,23)/b14-12-. The van der Waals surface area contributed by atoms with Gasteiger partial charge in [0.25, 0.3) is 0 Å². The van der Waals surface area contributed by atoms with E-state index in [1.165, 1.54) is 12.1 Å². The normalized spacial score (nSPS) is 11.2. The van der Waals surface area contributed by atoms with Crippen molar-refractivity contribution in [2.45, 2.75) is 13.5 Å². The van der Waals surface area contributed by atoms with E-state index in [4.69, 9.17) is 9.84 Å². The number of amides is 1. The van der Waals surface area contributed by atoms with Gasteiger partial charge in [0.05, 0.1) is 6.61 Å². The van der Waals surface area contributed by atoms with E-state index >= 15 is 0 Å². The summed E-state index contributed by atoms with van der Waals surface area (Å²) in [7, 11) is 0. The molecular weight excluding hydrogens is 309 g/mol. The Hall–Kier alpha value is -2.66. The lowest BCUT2D eigenvalue weighted by Gasteiger charge is -2.11. The van der Waals surface area contributed by atoms with E-state index in [-0.39, 0.29) is 31.5 Å². The number of hydrogen-bond donors (Lipinski definition) is 2. The fraction of sp³-hybridized carbons (Fsp3) is 0.211. The number of allylic oxidation sites excluding steroid dienone is 1. The minimum absolute atomic E-state index is 0.0781. The number of carbonyl (C=O) groups is 1. The third-order valence-corrected chi connectivity index (χ3v) is 3.42. The van der Waals surface area contributed by atoms with Gasteiger partial charge in [0, 0.05) is 23.7 Å². The summed E-state index contributed by atoms with van der Waals surface area (Å²) in [6.45, 7) is 2.08. The second-order valence-electron chi connectivity index (χ2n) is 5.20. The van der Waals surface area contributed by atoms with E-state index in [0.717, 1.165) is 5.56 Å². The number of carbonyl (C=O) groups excluding carboxylic acids is 1. The Morgan fingerprint density at radius 3 is 2.67 bits per heavy atom. The van der Waals surface area contributed by atoms with Gasteiger partial charge in [0.1, 0.15) is 18.2 Å². The van der Waals surface area contributed by atoms with Gasteiger partial charge in [-0.3, -0.25) is 4.79 Å². The molecule has 0 aliphatic heterocycles. The van der Waals surface area contributed by atoms with Gasteiger partial charge < -0.3 is 15.2 Å². The topological polar surface area (TPSA) is 58.6 Å². The van der Waals surface area contributed by atoms with Gasteiger partial charge in [-0.2, -0.15) is 0 Å². The molecule has 0 unspecified atom stereocenters. The van der Waals surface area contributed by atoms with Crippen molar-refractivity contribution in [1.82, 2.24) is 5.32 Å². The van der Waals surface area contributed by atoms with Crippen LogP contribution in [0.5, 0.6) is 5.75 Å². The zero-order valence-corrected chi connectivity index (χ0v) is 13.5. The zero-order chi connectivity index (χ0) is 17.4. The number of aliphatic hydroxyl groups is 1. The number of ether oxygens (including phenoxy) is 1. The van der Waals surface area contributed by atoms with Crippen molar-refractivity contribution in [3.8, 4) is 5.75 Å². The van der Waals surface area contributed by atoms with E-state index in [2.05, 4.69) is 5.32 Å². The molecule has 2 N–H and O–H groups in total. The third-order valence-electron chi connectivity index (χ3n) is 3.42. The first-order chi connectivity index (χ1) is 11.6. The van der Waals surface area contributed by atoms with Crippen LogP contribution < -0.4 is 10.1 Å². The van der Waals surface area contributed by atoms with E-state index in [0.29, 0.717) is 16.9 Å². The number of aliphatic hydroxyl groups excluding tert-OH is 1. The number of benzene rings is 2. The lowest BCUT2D eigenvalue weighted by Crippen LogP contribution is -2.21. The van der Waals surface area contributed by atoms with Crippen LogP contribution in [0.1, 0.15) is 18.1 Å². The first-order valence-electron chi connectivity index (χ1n) is 7.64. The predicted octanol–water partition coefficient (Wildman–Crippen LogP) is 2.92. The van der Waals surface area contributed by atoms with Crippen LogP contribution in [0.2, 0.25) is 0 Å². The average Bonchev–Trinajstić information content (AvgIpc) is 2.59. The number of hydrogen-bond acceptors (Lipinski definition) is 3. The largest absolute Gasteiger partial charge is 0.491 e. The Balaban J connectivity index is 2.01. The van der Waals surface area contributed by atoms with E-state index < -0.39 is 0 Å². The molecule has 0 bridgehead atoms. The maximum Gasteiger partial charge on any atom is 0.244 e. The van der Waals surface area contributed by atoms with Crippen LogP contribution in [0.3, 0.4) is 0 Å². The lowest BCUT2D eigenvalue weighted by molar-refractivity contribution is -0.116. The molecule has 0 radical (unpaired) electrons. The van der Waals surface area contributed by atoms with Gasteiger partial charge >= 0.3 is 0 Å². The first kappa shape index (κ1) is 17.7. The summed E-state index contributed by atoms with van der Waals surface area (Å²) in [5, 5.41) is 11.6. The molecule has 2 aromatic rings. The van der Waals surface area contributed by atoms with E-state index in [1.54, 1.807) is 31.2 Å². The van der Waals surface area contributed by atoms with Gasteiger partial charge in [0.15, 0.2) is 0 Å². The van der Waals surface area contributed by atoms with Crippen molar-refractivity contribution < 1.29 is 19.0 Å². The molecule has 24 heavy (non-hydrogen) atoms. The van der Waals surface area contributed by atoms with Gasteiger partial charge in [-0.05, 0) is 24.6 Å². The summed E-state index contributed by atoms with van der Waals surface area (Å²) in [6, 6.07) is 13.6. The third kappa shape index (κ3) is 4.93. The predicted molar refractivity (Wildman–Crippen MR) is 90.9 cm³/mol. The number of rotatable bonds is 7. The monoisotopic (exact) mass is 329 g/mol. The highest BCUT2D eigenvalue weighted by Gasteiger charge is 2.07. The van der Waals surface area contributed by atoms with Gasteiger partial charge in [-0.1, -0.05) is 36.4 Å². The summed E-state index contributed by atoms with van der Waals surface area (Å²) < 4.78 is 19.1. The van der Waals surface area contributed by atoms with Crippen LogP contribution in [-0.4, -0.2) is 24.2 Å². The second-order valence-corrected chi connectivity index (χ2v) is 5.20. The number of para-hydroxylation sites is 1. The van der Waals surface area contributed by atoms with Crippen molar-refractivity contribution >= 4 is 11.5 Å². The summed E-state index contributed by atoms with van der Waals surface area (Å²) in [6.07, 6.45) is 1.37. The Kier molecular flexibility index (Phi) is 6.51. The first-order valence-corrected chi connectivity index (χ1v) is 7.64. The molecular formula is C19H20FNO3. The summed E-state index contributed by atoms with van der Waals surface area (Å²) in [5.41, 5.74) is 1.76. The van der Waals surface area contributed by atoms with Crippen LogP contribution in [-0.2, 0) is 11.3 Å². The molecule has 0 aliphatic rings. The van der Waals surface area contributed by atoms with Crippen LogP contribution in [0.4, 0.5) is 4.39 Å². The fourth-order valence-electron chi connectivity index (χ4n) is 2.24. The van der Waals surface area contributed by atoms with E-state index in [9.17, 15) is 9.18 Å². The molecule has 0 saturated carbocycles. The minimum Gasteiger partial charge on any atom is -0.491 e. The second kappa shape index (κ2) is 8.84. The molecule has 4 nitrogen and oxygen atoms in total. The molecule has 2 aromatic carbocycles. The van der Waals surface area contributed by atoms with Crippen molar-refractivity contribution in [3.63, 3.8) is 0 Å². The van der Waals surface area contributed by atoms with Crippen molar-refractivity contribution in [2.24, 2.45) is 0 Å². The smallest absolute Gasteiger partial charge is 0.244 e. The van der Waals surface area contributed by atoms with Crippen molar-refractivity contribution in [1.29, 1.82) is 0 Å². The van der Waals surface area contributed by atoms with Crippen LogP contribution in [0.25, 0.3) is 5.57 Å². The Bertz CT molecular complexity index is 728. The Morgan fingerprint density at radius 2 is 1.92 bits per heavy atom. The number of halogens is 1. The van der Waals surface area contributed by atoms with Crippen LogP contribution in [0, 0.1) is 5.82 Å². The van der Waals surface area contributed by atoms with Crippen LogP contribution in [0.15, 0.2) is 54.6 Å². The molecule has 0 aliphatic carbocycles. The molecule has 0 saturated heterocycles. The maximum absolute atomic E-state index is 13.7. The summed E-state index contributed by atoms with van der Waals surface area (Å²) >= 11 is 0. The Labute approximate surface area is 140 Å². The molecule has 2 rings (SSSR count). The van der Waals surface area contributed by atoms with Gasteiger partial charge in [-0.15, -0.1) is 0 Å². The lowest BCUT2D eigenvalue weighted by atomic mass is 10.1. The zero-order valence-electron chi connectivity index (χ0n) is 13.5. The molecule has 0 spiro atoms. The van der Waals surface area contributed by atoms with E-state index in [1.807, 2.05) is 18.2 Å². The summed E-state index contributed by atoms with van der Waals surface area (Å²) in [5.74, 6) is -0.0591.